The molecule has 0 aliphatic carbocycles. The molecule has 1 atom stereocenters. The van der Waals surface area contributed by atoms with Crippen molar-refractivity contribution in [2.45, 2.75) is 29.4 Å². The Morgan fingerprint density at radius 3 is 2.41 bits per heavy atom. The van der Waals surface area contributed by atoms with Crippen LogP contribution >= 0.6 is 15.9 Å². The van der Waals surface area contributed by atoms with E-state index in [1.165, 1.54) is 4.90 Å². The molecule has 0 aromatic rings. The van der Waals surface area contributed by atoms with Gasteiger partial charge in [-0.3, -0.25) is 0 Å². The lowest BCUT2D eigenvalue weighted by Crippen LogP contribution is -2.48. The number of hydrogen-bond acceptors (Lipinski definition) is 3. The molecule has 0 spiro atoms. The van der Waals surface area contributed by atoms with Gasteiger partial charge in [-0.1, -0.05) is 15.9 Å². The number of ether oxygens (including phenoxy) is 1. The topological polar surface area (TPSA) is 32.7 Å². The zero-order valence-corrected chi connectivity index (χ0v) is 11.2. The average molecular weight is 320 g/mol. The third kappa shape index (κ3) is 5.11. The molecule has 0 saturated carbocycles. The van der Waals surface area contributed by atoms with Crippen LogP contribution in [-0.2, 0) is 4.74 Å². The van der Waals surface area contributed by atoms with Crippen molar-refractivity contribution in [3.63, 3.8) is 0 Å². The highest BCUT2D eigenvalue weighted by molar-refractivity contribution is 9.09. The van der Waals surface area contributed by atoms with Gasteiger partial charge in [-0.25, -0.2) is 0 Å². The van der Waals surface area contributed by atoms with Gasteiger partial charge in [0.1, 0.15) is 4.83 Å². The Balaban J connectivity index is 2.40. The van der Waals surface area contributed by atoms with Crippen LogP contribution in [0.15, 0.2) is 0 Å². The van der Waals surface area contributed by atoms with Crippen LogP contribution in [0.5, 0.6) is 0 Å². The molecule has 17 heavy (non-hydrogen) atoms. The summed E-state index contributed by atoms with van der Waals surface area (Å²) in [6.07, 6.45) is -3.32. The monoisotopic (exact) mass is 319 g/mol. The second-order valence-corrected chi connectivity index (χ2v) is 5.65. The Morgan fingerprint density at radius 2 is 1.94 bits per heavy atom. The van der Waals surface area contributed by atoms with E-state index in [2.05, 4.69) is 15.9 Å². The Labute approximate surface area is 107 Å². The summed E-state index contributed by atoms with van der Waals surface area (Å²) in [6, 6.07) is 0. The maximum Gasteiger partial charge on any atom is 0.402 e. The third-order valence-corrected chi connectivity index (χ3v) is 3.62. The number of likely N-dealkylation sites (N-methyl/N-ethyl adjacent to an activating group) is 1. The van der Waals surface area contributed by atoms with Crippen molar-refractivity contribution in [1.29, 1.82) is 0 Å². The molecule has 1 unspecified atom stereocenters. The molecule has 1 fully saturated rings. The van der Waals surface area contributed by atoms with Gasteiger partial charge in [-0.15, -0.1) is 0 Å². The molecule has 1 aliphatic heterocycles. The first-order chi connectivity index (χ1) is 7.73. The van der Waals surface area contributed by atoms with Crippen LogP contribution in [0.25, 0.3) is 0 Å². The predicted octanol–water partition coefficient (Wildman–Crippen LogP) is 1.79. The van der Waals surface area contributed by atoms with Crippen molar-refractivity contribution in [3.8, 4) is 0 Å². The van der Waals surface area contributed by atoms with Gasteiger partial charge < -0.3 is 14.7 Å². The highest BCUT2D eigenvalue weighted by atomic mass is 79.9. The predicted molar refractivity (Wildman–Crippen MR) is 61.3 cm³/mol. The van der Waals surface area contributed by atoms with E-state index >= 15 is 0 Å². The molecular formula is C10H17BrF3NO2. The van der Waals surface area contributed by atoms with Crippen molar-refractivity contribution in [3.05, 3.63) is 0 Å². The summed E-state index contributed by atoms with van der Waals surface area (Å²) in [5, 5.41) is 10.1. The number of alkyl halides is 4. The molecule has 0 amide bonds. The largest absolute Gasteiger partial charge is 0.402 e. The summed E-state index contributed by atoms with van der Waals surface area (Å²) < 4.78 is 42.1. The quantitative estimate of drug-likeness (QED) is 0.802. The zero-order chi connectivity index (χ0) is 13.1. The fourth-order valence-electron chi connectivity index (χ4n) is 1.85. The number of hydrogen-bond donors (Lipinski definition) is 1. The summed E-state index contributed by atoms with van der Waals surface area (Å²) in [6.45, 7) is 0.976. The lowest BCUT2D eigenvalue weighted by atomic mass is 9.94. The van der Waals surface area contributed by atoms with Crippen LogP contribution in [-0.4, -0.2) is 60.0 Å². The molecule has 1 aliphatic rings. The maximum atomic E-state index is 12.3. The molecule has 1 saturated heterocycles. The summed E-state index contributed by atoms with van der Waals surface area (Å²) in [5.41, 5.74) is -0.925. The van der Waals surface area contributed by atoms with Gasteiger partial charge in [-0.2, -0.15) is 13.2 Å². The SMILES string of the molecule is CN(CC(Br)C(F)(F)F)CC1(O)CCOCC1. The normalized spacial score (nSPS) is 22.8. The van der Waals surface area contributed by atoms with Crippen LogP contribution in [0.2, 0.25) is 0 Å². The van der Waals surface area contributed by atoms with Gasteiger partial charge in [0, 0.05) is 39.1 Å². The van der Waals surface area contributed by atoms with Crippen LogP contribution in [0.1, 0.15) is 12.8 Å². The van der Waals surface area contributed by atoms with E-state index < -0.39 is 16.6 Å². The van der Waals surface area contributed by atoms with E-state index in [9.17, 15) is 18.3 Å². The molecule has 1 rings (SSSR count). The van der Waals surface area contributed by atoms with Crippen molar-refractivity contribution < 1.29 is 23.0 Å². The van der Waals surface area contributed by atoms with Gasteiger partial charge in [0.05, 0.1) is 5.60 Å². The van der Waals surface area contributed by atoms with E-state index in [0.717, 1.165) is 0 Å². The Bertz CT molecular complexity index is 244. The Kier molecular flexibility index (Phi) is 5.24. The molecule has 1 N–H and O–H groups in total. The minimum absolute atomic E-state index is 0.174. The fraction of sp³-hybridized carbons (Fsp3) is 1.00. The number of halogens is 4. The van der Waals surface area contributed by atoms with Crippen molar-refractivity contribution in [2.75, 3.05) is 33.4 Å². The molecule has 3 nitrogen and oxygen atoms in total. The molecule has 1 heterocycles. The first-order valence-electron chi connectivity index (χ1n) is 5.42. The molecule has 0 radical (unpaired) electrons. The maximum absolute atomic E-state index is 12.3. The van der Waals surface area contributed by atoms with Gasteiger partial charge in [0.15, 0.2) is 0 Å². The van der Waals surface area contributed by atoms with Gasteiger partial charge in [-0.05, 0) is 7.05 Å². The summed E-state index contributed by atoms with van der Waals surface area (Å²) in [5.74, 6) is 0. The minimum Gasteiger partial charge on any atom is -0.388 e. The first kappa shape index (κ1) is 15.2. The fourth-order valence-corrected chi connectivity index (χ4v) is 2.35. The third-order valence-electron chi connectivity index (χ3n) is 2.81. The molecule has 7 heteroatoms. The summed E-state index contributed by atoms with van der Waals surface area (Å²) in [4.78, 5) is -0.0680. The minimum atomic E-state index is -4.26. The smallest absolute Gasteiger partial charge is 0.388 e. The van der Waals surface area contributed by atoms with Crippen molar-refractivity contribution in [1.82, 2.24) is 4.90 Å². The molecule has 102 valence electrons. The Morgan fingerprint density at radius 1 is 1.41 bits per heavy atom. The van der Waals surface area contributed by atoms with E-state index in [4.69, 9.17) is 4.74 Å². The zero-order valence-electron chi connectivity index (χ0n) is 9.63. The van der Waals surface area contributed by atoms with Gasteiger partial charge >= 0.3 is 6.18 Å². The van der Waals surface area contributed by atoms with Crippen LogP contribution in [0.4, 0.5) is 13.2 Å². The molecule has 0 bridgehead atoms. The standard InChI is InChI=1S/C10H17BrF3NO2/c1-15(6-8(11)10(12,13)14)7-9(16)2-4-17-5-3-9/h8,16H,2-7H2,1H3. The number of aliphatic hydroxyl groups is 1. The highest BCUT2D eigenvalue weighted by Gasteiger charge is 2.39. The number of rotatable bonds is 4. The molecule has 0 aromatic carbocycles. The second-order valence-electron chi connectivity index (χ2n) is 4.54. The second kappa shape index (κ2) is 5.86. The summed E-state index contributed by atoms with van der Waals surface area (Å²) >= 11 is 2.61. The average Bonchev–Trinajstić information content (AvgIpc) is 2.15. The van der Waals surface area contributed by atoms with Gasteiger partial charge in [0.2, 0.25) is 0 Å². The van der Waals surface area contributed by atoms with E-state index in [0.29, 0.717) is 26.1 Å². The lowest BCUT2D eigenvalue weighted by Gasteiger charge is -2.36. The van der Waals surface area contributed by atoms with Crippen molar-refractivity contribution >= 4 is 15.9 Å². The summed E-state index contributed by atoms with van der Waals surface area (Å²) in [7, 11) is 1.58. The number of nitrogens with zero attached hydrogens (tertiary/aromatic N) is 1. The van der Waals surface area contributed by atoms with Crippen LogP contribution in [0, 0.1) is 0 Å². The van der Waals surface area contributed by atoms with E-state index in [1.807, 2.05) is 0 Å². The van der Waals surface area contributed by atoms with Gasteiger partial charge in [0.25, 0.3) is 0 Å². The van der Waals surface area contributed by atoms with Crippen molar-refractivity contribution in [2.24, 2.45) is 0 Å². The lowest BCUT2D eigenvalue weighted by molar-refractivity contribution is -0.133. The van der Waals surface area contributed by atoms with E-state index in [1.54, 1.807) is 7.05 Å². The van der Waals surface area contributed by atoms with Crippen LogP contribution < -0.4 is 0 Å². The first-order valence-corrected chi connectivity index (χ1v) is 6.34. The Hall–Kier alpha value is 0.150. The molecule has 0 aromatic heterocycles. The molecular weight excluding hydrogens is 303 g/mol. The van der Waals surface area contributed by atoms with Crippen LogP contribution in [0.3, 0.4) is 0 Å². The van der Waals surface area contributed by atoms with E-state index in [-0.39, 0.29) is 13.1 Å². The highest BCUT2D eigenvalue weighted by Crippen LogP contribution is 2.28.